The first-order valence-electron chi connectivity index (χ1n) is 4.26. The van der Waals surface area contributed by atoms with Crippen LogP contribution in [0.25, 0.3) is 0 Å². The average molecular weight is 195 g/mol. The molecule has 1 aromatic carbocycles. The number of nitrogens with one attached hydrogen (secondary N) is 1. The van der Waals surface area contributed by atoms with Gasteiger partial charge < -0.3 is 10.8 Å². The van der Waals surface area contributed by atoms with Crippen molar-refractivity contribution in [2.75, 3.05) is 11.6 Å². The Hall–Kier alpha value is -1.91. The van der Waals surface area contributed by atoms with Crippen molar-refractivity contribution in [2.45, 2.75) is 6.92 Å². The van der Waals surface area contributed by atoms with Gasteiger partial charge in [0.2, 0.25) is 0 Å². The van der Waals surface area contributed by atoms with Gasteiger partial charge >= 0.3 is 6.03 Å². The summed E-state index contributed by atoms with van der Waals surface area (Å²) in [6.07, 6.45) is 0. The van der Waals surface area contributed by atoms with Crippen molar-refractivity contribution in [3.8, 4) is 5.75 Å². The van der Waals surface area contributed by atoms with Crippen molar-refractivity contribution in [1.29, 1.82) is 0 Å². The molecule has 0 aliphatic heterocycles. The van der Waals surface area contributed by atoms with Gasteiger partial charge in [0.1, 0.15) is 5.75 Å². The molecule has 1 aromatic rings. The summed E-state index contributed by atoms with van der Waals surface area (Å²) in [6.45, 7) is 2.42. The standard InChI is InChI=1S/C9H13N3O2/c1-2-12(11-9(10)14)7-4-3-5-8(13)6-7/h3-6,13H,2H2,1H3,(H3,10,11,14). The number of urea groups is 1. The lowest BCUT2D eigenvalue weighted by Crippen LogP contribution is -2.45. The van der Waals surface area contributed by atoms with Gasteiger partial charge in [0.25, 0.3) is 0 Å². The van der Waals surface area contributed by atoms with E-state index in [9.17, 15) is 9.90 Å². The van der Waals surface area contributed by atoms with Crippen molar-refractivity contribution in [1.82, 2.24) is 5.43 Å². The Morgan fingerprint density at radius 2 is 2.36 bits per heavy atom. The van der Waals surface area contributed by atoms with Crippen LogP contribution >= 0.6 is 0 Å². The highest BCUT2D eigenvalue weighted by Crippen LogP contribution is 2.18. The summed E-state index contributed by atoms with van der Waals surface area (Å²) in [4.78, 5) is 10.6. The number of primary amides is 1. The number of benzene rings is 1. The summed E-state index contributed by atoms with van der Waals surface area (Å²) in [5.41, 5.74) is 8.11. The van der Waals surface area contributed by atoms with E-state index >= 15 is 0 Å². The van der Waals surface area contributed by atoms with Crippen LogP contribution in [0.15, 0.2) is 24.3 Å². The number of nitrogens with zero attached hydrogens (tertiary/aromatic N) is 1. The highest BCUT2D eigenvalue weighted by atomic mass is 16.3. The molecular weight excluding hydrogens is 182 g/mol. The Morgan fingerprint density at radius 1 is 1.64 bits per heavy atom. The number of anilines is 1. The molecular formula is C9H13N3O2. The Balaban J connectivity index is 2.83. The SMILES string of the molecule is CCN(NC(N)=O)c1cccc(O)c1. The fraction of sp³-hybridized carbons (Fsp3) is 0.222. The van der Waals surface area contributed by atoms with Crippen LogP contribution in [0.2, 0.25) is 0 Å². The van der Waals surface area contributed by atoms with Gasteiger partial charge in [-0.25, -0.2) is 10.2 Å². The summed E-state index contributed by atoms with van der Waals surface area (Å²) in [6, 6.07) is 5.92. The number of hydrogen-bond acceptors (Lipinski definition) is 3. The highest BCUT2D eigenvalue weighted by Gasteiger charge is 2.05. The van der Waals surface area contributed by atoms with Gasteiger partial charge in [-0.05, 0) is 19.1 Å². The minimum absolute atomic E-state index is 0.146. The van der Waals surface area contributed by atoms with Crippen molar-refractivity contribution >= 4 is 11.7 Å². The fourth-order valence-corrected chi connectivity index (χ4v) is 1.12. The third-order valence-electron chi connectivity index (χ3n) is 1.70. The summed E-state index contributed by atoms with van der Waals surface area (Å²) >= 11 is 0. The number of phenolic OH excluding ortho intramolecular Hbond substituents is 1. The summed E-state index contributed by atoms with van der Waals surface area (Å²) in [5.74, 6) is 0.146. The van der Waals surface area contributed by atoms with E-state index in [4.69, 9.17) is 5.73 Å². The Morgan fingerprint density at radius 3 is 2.86 bits per heavy atom. The molecule has 0 unspecified atom stereocenters. The molecule has 2 amide bonds. The molecule has 0 radical (unpaired) electrons. The number of hydrazine groups is 1. The number of hydrogen-bond donors (Lipinski definition) is 3. The molecule has 0 saturated heterocycles. The zero-order valence-electron chi connectivity index (χ0n) is 7.90. The second-order valence-corrected chi connectivity index (χ2v) is 2.74. The molecule has 0 aromatic heterocycles. The smallest absolute Gasteiger partial charge is 0.330 e. The molecule has 5 nitrogen and oxygen atoms in total. The molecule has 0 saturated carbocycles. The lowest BCUT2D eigenvalue weighted by molar-refractivity contribution is 0.248. The predicted octanol–water partition coefficient (Wildman–Crippen LogP) is 0.802. The molecule has 76 valence electrons. The Labute approximate surface area is 82.1 Å². The number of carbonyl (C=O) groups is 1. The first-order chi connectivity index (χ1) is 6.63. The van der Waals surface area contributed by atoms with E-state index in [0.29, 0.717) is 12.2 Å². The quantitative estimate of drug-likeness (QED) is 0.624. The maximum atomic E-state index is 10.6. The molecule has 1 rings (SSSR count). The van der Waals surface area contributed by atoms with E-state index < -0.39 is 6.03 Å². The van der Waals surface area contributed by atoms with E-state index in [1.165, 1.54) is 0 Å². The van der Waals surface area contributed by atoms with E-state index in [0.717, 1.165) is 0 Å². The van der Waals surface area contributed by atoms with Crippen LogP contribution in [0, 0.1) is 0 Å². The third-order valence-corrected chi connectivity index (χ3v) is 1.70. The average Bonchev–Trinajstić information content (AvgIpc) is 2.14. The molecule has 0 heterocycles. The number of aromatic hydroxyl groups is 1. The molecule has 0 aliphatic rings. The molecule has 5 heteroatoms. The van der Waals surface area contributed by atoms with Crippen LogP contribution in [0.3, 0.4) is 0 Å². The summed E-state index contributed by atoms with van der Waals surface area (Å²) in [7, 11) is 0. The Bertz CT molecular complexity index is 328. The van der Waals surface area contributed by atoms with Crippen molar-refractivity contribution in [2.24, 2.45) is 5.73 Å². The lowest BCUT2D eigenvalue weighted by Gasteiger charge is -2.22. The predicted molar refractivity (Wildman–Crippen MR) is 53.8 cm³/mol. The number of amides is 2. The number of carbonyl (C=O) groups excluding carboxylic acids is 1. The van der Waals surface area contributed by atoms with Crippen LogP contribution in [0.4, 0.5) is 10.5 Å². The zero-order chi connectivity index (χ0) is 10.6. The first-order valence-corrected chi connectivity index (χ1v) is 4.26. The molecule has 0 atom stereocenters. The normalized spacial score (nSPS) is 9.50. The summed E-state index contributed by atoms with van der Waals surface area (Å²) in [5, 5.41) is 10.8. The van der Waals surface area contributed by atoms with Crippen LogP contribution in [0.1, 0.15) is 6.92 Å². The highest BCUT2D eigenvalue weighted by molar-refractivity contribution is 5.74. The van der Waals surface area contributed by atoms with Crippen LogP contribution in [0.5, 0.6) is 5.75 Å². The maximum Gasteiger partial charge on any atom is 0.330 e. The minimum Gasteiger partial charge on any atom is -0.508 e. The van der Waals surface area contributed by atoms with Crippen molar-refractivity contribution in [3.63, 3.8) is 0 Å². The molecule has 0 spiro atoms. The molecule has 0 bridgehead atoms. The molecule has 0 aliphatic carbocycles. The Kier molecular flexibility index (Phi) is 3.17. The zero-order valence-corrected chi connectivity index (χ0v) is 7.90. The topological polar surface area (TPSA) is 78.6 Å². The second-order valence-electron chi connectivity index (χ2n) is 2.74. The largest absolute Gasteiger partial charge is 0.508 e. The van der Waals surface area contributed by atoms with Crippen LogP contribution in [-0.2, 0) is 0 Å². The van der Waals surface area contributed by atoms with Crippen molar-refractivity contribution < 1.29 is 9.90 Å². The lowest BCUT2D eigenvalue weighted by atomic mass is 10.3. The third kappa shape index (κ3) is 2.55. The fourth-order valence-electron chi connectivity index (χ4n) is 1.12. The number of rotatable bonds is 3. The molecule has 14 heavy (non-hydrogen) atoms. The van der Waals surface area contributed by atoms with Gasteiger partial charge in [-0.1, -0.05) is 6.07 Å². The van der Waals surface area contributed by atoms with E-state index in [1.54, 1.807) is 29.3 Å². The van der Waals surface area contributed by atoms with Crippen LogP contribution < -0.4 is 16.2 Å². The van der Waals surface area contributed by atoms with E-state index in [2.05, 4.69) is 5.43 Å². The number of nitrogens with two attached hydrogens (primary N) is 1. The number of phenols is 1. The second kappa shape index (κ2) is 4.36. The minimum atomic E-state index is -0.629. The van der Waals surface area contributed by atoms with Gasteiger partial charge in [0, 0.05) is 12.6 Å². The van der Waals surface area contributed by atoms with Gasteiger partial charge in [0.15, 0.2) is 0 Å². The van der Waals surface area contributed by atoms with Gasteiger partial charge in [-0.3, -0.25) is 5.01 Å². The van der Waals surface area contributed by atoms with Crippen molar-refractivity contribution in [3.05, 3.63) is 24.3 Å². The van der Waals surface area contributed by atoms with E-state index in [-0.39, 0.29) is 5.75 Å². The molecule has 0 fully saturated rings. The molecule has 4 N–H and O–H groups in total. The maximum absolute atomic E-state index is 10.6. The van der Waals surface area contributed by atoms with Gasteiger partial charge in [-0.15, -0.1) is 0 Å². The van der Waals surface area contributed by atoms with E-state index in [1.807, 2.05) is 6.92 Å². The van der Waals surface area contributed by atoms with Gasteiger partial charge in [0.05, 0.1) is 5.69 Å². The van der Waals surface area contributed by atoms with Gasteiger partial charge in [-0.2, -0.15) is 0 Å². The monoisotopic (exact) mass is 195 g/mol. The van der Waals surface area contributed by atoms with Crippen LogP contribution in [-0.4, -0.2) is 17.7 Å². The first kappa shape index (κ1) is 10.2. The summed E-state index contributed by atoms with van der Waals surface area (Å²) < 4.78 is 0.